The van der Waals surface area contributed by atoms with Gasteiger partial charge in [-0.25, -0.2) is 4.52 Å². The predicted octanol–water partition coefficient (Wildman–Crippen LogP) is 2.17. The third-order valence-electron chi connectivity index (χ3n) is 4.45. The van der Waals surface area contributed by atoms with Gasteiger partial charge in [-0.1, -0.05) is 12.1 Å². The molecule has 1 aromatic carbocycles. The van der Waals surface area contributed by atoms with E-state index >= 15 is 0 Å². The van der Waals surface area contributed by atoms with Crippen molar-refractivity contribution in [1.82, 2.24) is 24.7 Å². The van der Waals surface area contributed by atoms with Crippen LogP contribution in [-0.2, 0) is 6.54 Å². The van der Waals surface area contributed by atoms with Gasteiger partial charge in [0, 0.05) is 43.7 Å². The summed E-state index contributed by atoms with van der Waals surface area (Å²) in [6.07, 6.45) is 5.63. The van der Waals surface area contributed by atoms with Crippen molar-refractivity contribution < 1.29 is 0 Å². The quantitative estimate of drug-likeness (QED) is 0.679. The number of benzene rings is 1. The highest BCUT2D eigenvalue weighted by atomic mass is 32.2. The van der Waals surface area contributed by atoms with Gasteiger partial charge in [0.05, 0.1) is 11.9 Å². The van der Waals surface area contributed by atoms with Crippen LogP contribution in [0.15, 0.2) is 47.8 Å². The van der Waals surface area contributed by atoms with Gasteiger partial charge >= 0.3 is 0 Å². The zero-order chi connectivity index (χ0) is 16.4. The van der Waals surface area contributed by atoms with Gasteiger partial charge < -0.3 is 4.90 Å². The molecule has 0 aliphatic carbocycles. The Bertz CT molecular complexity index is 807. The fourth-order valence-corrected chi connectivity index (χ4v) is 3.45. The van der Waals surface area contributed by atoms with Gasteiger partial charge in [0.2, 0.25) is 0 Å². The third-order valence-corrected chi connectivity index (χ3v) is 5.19. The molecule has 24 heavy (non-hydrogen) atoms. The van der Waals surface area contributed by atoms with Crippen LogP contribution in [0, 0.1) is 0 Å². The maximum Gasteiger partial charge on any atom is 0.179 e. The summed E-state index contributed by atoms with van der Waals surface area (Å²) in [5.74, 6) is 0. The summed E-state index contributed by atoms with van der Waals surface area (Å²) in [5.41, 5.74) is 3.30. The van der Waals surface area contributed by atoms with Crippen LogP contribution < -0.4 is 4.90 Å². The Hall–Kier alpha value is -2.12. The molecule has 1 aliphatic rings. The first-order chi connectivity index (χ1) is 11.8. The van der Waals surface area contributed by atoms with Gasteiger partial charge in [-0.05, 0) is 24.0 Å². The summed E-state index contributed by atoms with van der Waals surface area (Å²) in [7, 11) is 0. The molecule has 124 valence electrons. The number of hydrogen-bond acceptors (Lipinski definition) is 6. The molecule has 3 heterocycles. The van der Waals surface area contributed by atoms with Crippen LogP contribution in [0.1, 0.15) is 5.56 Å². The molecule has 0 amide bonds. The Morgan fingerprint density at radius 2 is 1.88 bits per heavy atom. The van der Waals surface area contributed by atoms with Crippen LogP contribution in [0.25, 0.3) is 5.65 Å². The van der Waals surface area contributed by atoms with Crippen LogP contribution >= 0.6 is 11.8 Å². The highest BCUT2D eigenvalue weighted by Gasteiger charge is 2.18. The first kappa shape index (κ1) is 15.4. The Kier molecular flexibility index (Phi) is 4.36. The smallest absolute Gasteiger partial charge is 0.179 e. The van der Waals surface area contributed by atoms with Gasteiger partial charge in [-0.3, -0.25) is 4.90 Å². The second-order valence-corrected chi connectivity index (χ2v) is 6.84. The Morgan fingerprint density at radius 3 is 2.62 bits per heavy atom. The first-order valence-corrected chi connectivity index (χ1v) is 9.30. The summed E-state index contributed by atoms with van der Waals surface area (Å²) in [5, 5.41) is 12.3. The lowest BCUT2D eigenvalue weighted by atomic mass is 10.2. The van der Waals surface area contributed by atoms with E-state index in [0.29, 0.717) is 0 Å². The molecular formula is C17H20N6S. The van der Waals surface area contributed by atoms with Crippen LogP contribution in [0.3, 0.4) is 0 Å². The van der Waals surface area contributed by atoms with Gasteiger partial charge in [0.15, 0.2) is 5.65 Å². The number of hydrogen-bond donors (Lipinski definition) is 0. The average molecular weight is 340 g/mol. The lowest BCUT2D eigenvalue weighted by Crippen LogP contribution is -2.46. The van der Waals surface area contributed by atoms with Crippen LogP contribution in [0.5, 0.6) is 0 Å². The molecule has 3 aromatic rings. The molecule has 1 fully saturated rings. The average Bonchev–Trinajstić information content (AvgIpc) is 3.11. The van der Waals surface area contributed by atoms with E-state index in [1.54, 1.807) is 22.6 Å². The predicted molar refractivity (Wildman–Crippen MR) is 96.5 cm³/mol. The second-order valence-electron chi connectivity index (χ2n) is 5.96. The van der Waals surface area contributed by atoms with E-state index in [2.05, 4.69) is 61.7 Å². The highest BCUT2D eigenvalue weighted by molar-refractivity contribution is 7.98. The standard InChI is InChI=1S/C17H20N6S/c1-24-16-4-2-14(3-5-16)12-21-6-8-22(9-7-21)15-10-17-20-18-13-23(17)19-11-15/h2-5,10-11,13H,6-9,12H2,1H3. The van der Waals surface area contributed by atoms with Crippen molar-refractivity contribution in [2.75, 3.05) is 37.3 Å². The molecular weight excluding hydrogens is 320 g/mol. The Labute approximate surface area is 145 Å². The molecule has 0 bridgehead atoms. The van der Waals surface area contributed by atoms with Crippen LogP contribution in [-0.4, -0.2) is 57.1 Å². The summed E-state index contributed by atoms with van der Waals surface area (Å²) in [6.45, 7) is 5.15. The van der Waals surface area contributed by atoms with E-state index in [1.165, 1.54) is 10.5 Å². The molecule has 1 saturated heterocycles. The largest absolute Gasteiger partial charge is 0.368 e. The summed E-state index contributed by atoms with van der Waals surface area (Å²) < 4.78 is 1.69. The van der Waals surface area contributed by atoms with Crippen molar-refractivity contribution in [3.63, 3.8) is 0 Å². The number of thioether (sulfide) groups is 1. The Balaban J connectivity index is 1.37. The molecule has 7 heteroatoms. The maximum atomic E-state index is 4.35. The first-order valence-electron chi connectivity index (χ1n) is 8.08. The van der Waals surface area contributed by atoms with Crippen molar-refractivity contribution in [2.45, 2.75) is 11.4 Å². The minimum absolute atomic E-state index is 0.795. The SMILES string of the molecule is CSc1ccc(CN2CCN(c3cnn4cnnc4c3)CC2)cc1. The van der Waals surface area contributed by atoms with Gasteiger partial charge in [0.1, 0.15) is 6.33 Å². The highest BCUT2D eigenvalue weighted by Crippen LogP contribution is 2.19. The number of nitrogens with zero attached hydrogens (tertiary/aromatic N) is 6. The van der Waals surface area contributed by atoms with Crippen molar-refractivity contribution in [2.24, 2.45) is 0 Å². The third kappa shape index (κ3) is 3.22. The number of rotatable bonds is 4. The maximum absolute atomic E-state index is 4.35. The van der Waals surface area contributed by atoms with Gasteiger partial charge in [-0.15, -0.1) is 22.0 Å². The zero-order valence-electron chi connectivity index (χ0n) is 13.7. The van der Waals surface area contributed by atoms with E-state index in [4.69, 9.17) is 0 Å². The number of aromatic nitrogens is 4. The monoisotopic (exact) mass is 340 g/mol. The topological polar surface area (TPSA) is 49.6 Å². The summed E-state index contributed by atoms with van der Waals surface area (Å²) >= 11 is 1.79. The van der Waals surface area contributed by atoms with E-state index in [9.17, 15) is 0 Å². The molecule has 0 atom stereocenters. The molecule has 0 N–H and O–H groups in total. The van der Waals surface area contributed by atoms with Gasteiger partial charge in [-0.2, -0.15) is 5.10 Å². The zero-order valence-corrected chi connectivity index (χ0v) is 14.5. The minimum Gasteiger partial charge on any atom is -0.368 e. The molecule has 0 spiro atoms. The van der Waals surface area contributed by atoms with Crippen molar-refractivity contribution >= 4 is 23.1 Å². The Morgan fingerprint density at radius 1 is 1.08 bits per heavy atom. The van der Waals surface area contributed by atoms with Crippen LogP contribution in [0.2, 0.25) is 0 Å². The van der Waals surface area contributed by atoms with E-state index < -0.39 is 0 Å². The molecule has 0 unspecified atom stereocenters. The normalized spacial score (nSPS) is 16.0. The summed E-state index contributed by atoms with van der Waals surface area (Å²) in [4.78, 5) is 6.20. The van der Waals surface area contributed by atoms with E-state index in [1.807, 2.05) is 6.20 Å². The molecule has 4 rings (SSSR count). The number of anilines is 1. The molecule has 6 nitrogen and oxygen atoms in total. The number of fused-ring (bicyclic) bond motifs is 1. The van der Waals surface area contributed by atoms with Crippen molar-refractivity contribution in [3.8, 4) is 0 Å². The molecule has 1 aliphatic heterocycles. The lowest BCUT2D eigenvalue weighted by Gasteiger charge is -2.35. The van der Waals surface area contributed by atoms with E-state index in [0.717, 1.165) is 44.1 Å². The fourth-order valence-electron chi connectivity index (χ4n) is 3.04. The number of piperazine rings is 1. The van der Waals surface area contributed by atoms with Crippen molar-refractivity contribution in [3.05, 3.63) is 48.4 Å². The van der Waals surface area contributed by atoms with Crippen LogP contribution in [0.4, 0.5) is 5.69 Å². The van der Waals surface area contributed by atoms with Crippen molar-refractivity contribution in [1.29, 1.82) is 0 Å². The van der Waals surface area contributed by atoms with E-state index in [-0.39, 0.29) is 0 Å². The molecule has 2 aromatic heterocycles. The van der Waals surface area contributed by atoms with Gasteiger partial charge in [0.25, 0.3) is 0 Å². The molecule has 0 saturated carbocycles. The molecule has 0 radical (unpaired) electrons. The fraction of sp³-hybridized carbons (Fsp3) is 0.353. The lowest BCUT2D eigenvalue weighted by molar-refractivity contribution is 0.250. The second kappa shape index (κ2) is 6.78. The summed E-state index contributed by atoms with van der Waals surface area (Å²) in [6, 6.07) is 10.9. The minimum atomic E-state index is 0.795.